The van der Waals surface area contributed by atoms with Gasteiger partial charge in [0.2, 0.25) is 0 Å². The zero-order valence-corrected chi connectivity index (χ0v) is 24.0. The molecule has 3 aromatic rings. The third kappa shape index (κ3) is 5.59. The van der Waals surface area contributed by atoms with Gasteiger partial charge in [-0.2, -0.15) is 10.2 Å². The van der Waals surface area contributed by atoms with Gasteiger partial charge in [-0.05, 0) is 82.0 Å². The number of nitrogens with one attached hydrogen (secondary N) is 3. The third-order valence-corrected chi connectivity index (χ3v) is 9.22. The molecular formula is C30H42N8O2. The SMILES string of the molecule is CC(c1cc(Nc2cc3n(n2)CCN(C)C3)c(=O)n(C)n1)C1CCCC(NC(=O)c2cc3c([nH]2)CCCC3)CC1. The zero-order chi connectivity index (χ0) is 27.8. The van der Waals surface area contributed by atoms with E-state index in [1.54, 1.807) is 7.05 Å². The standard InChI is InChI=1S/C30H42N8O2/c1-19(20-8-6-9-22(12-11-20)31-29(39)26-15-21-7-4-5-10-24(21)32-26)25-17-27(30(40)37(3)34-25)33-28-16-23-18-36(2)13-14-38(23)35-28/h15-17,19-20,22,32H,4-14,18H2,1-3H3,(H,31,39)(H,33,35). The predicted octanol–water partition coefficient (Wildman–Crippen LogP) is 3.86. The lowest BCUT2D eigenvalue weighted by Crippen LogP contribution is -2.34. The summed E-state index contributed by atoms with van der Waals surface area (Å²) in [5.41, 5.74) is 5.67. The van der Waals surface area contributed by atoms with E-state index >= 15 is 0 Å². The number of H-pyrrole nitrogens is 1. The first-order valence-corrected chi connectivity index (χ1v) is 15.0. The van der Waals surface area contributed by atoms with Crippen LogP contribution in [0.1, 0.15) is 90.9 Å². The molecule has 1 saturated carbocycles. The van der Waals surface area contributed by atoms with Crippen molar-refractivity contribution in [1.82, 2.24) is 34.8 Å². The number of aromatic nitrogens is 5. The van der Waals surface area contributed by atoms with Gasteiger partial charge in [0.05, 0.1) is 17.9 Å². The average molecular weight is 547 g/mol. The first-order valence-electron chi connectivity index (χ1n) is 15.0. The van der Waals surface area contributed by atoms with Crippen molar-refractivity contribution >= 4 is 17.4 Å². The number of hydrogen-bond donors (Lipinski definition) is 3. The van der Waals surface area contributed by atoms with Gasteiger partial charge in [-0.1, -0.05) is 13.3 Å². The Morgan fingerprint density at radius 2 is 1.88 bits per heavy atom. The van der Waals surface area contributed by atoms with Gasteiger partial charge in [0.1, 0.15) is 11.4 Å². The van der Waals surface area contributed by atoms with Crippen LogP contribution in [0.15, 0.2) is 23.0 Å². The maximum atomic E-state index is 13.0. The number of aromatic amines is 1. The molecule has 3 aliphatic rings. The molecule has 0 bridgehead atoms. The minimum Gasteiger partial charge on any atom is -0.354 e. The Kier molecular flexibility index (Phi) is 7.53. The molecule has 1 fully saturated rings. The summed E-state index contributed by atoms with van der Waals surface area (Å²) in [5, 5.41) is 15.9. The summed E-state index contributed by atoms with van der Waals surface area (Å²) >= 11 is 0. The molecule has 10 nitrogen and oxygen atoms in total. The average Bonchev–Trinajstić information content (AvgIpc) is 3.48. The number of aryl methyl sites for hydroxylation is 3. The maximum absolute atomic E-state index is 13.0. The summed E-state index contributed by atoms with van der Waals surface area (Å²) in [6.07, 6.45) is 9.62. The molecule has 3 atom stereocenters. The highest BCUT2D eigenvalue weighted by molar-refractivity contribution is 5.93. The molecule has 2 aliphatic carbocycles. The molecule has 40 heavy (non-hydrogen) atoms. The van der Waals surface area contributed by atoms with Gasteiger partial charge in [0.15, 0.2) is 5.82 Å². The summed E-state index contributed by atoms with van der Waals surface area (Å²) in [5.74, 6) is 1.35. The highest BCUT2D eigenvalue weighted by Gasteiger charge is 2.27. The van der Waals surface area contributed by atoms with E-state index in [1.807, 2.05) is 16.8 Å². The minimum atomic E-state index is -0.159. The molecule has 0 aromatic carbocycles. The number of carbonyl (C=O) groups excluding carboxylic acids is 1. The quantitative estimate of drug-likeness (QED) is 0.405. The largest absolute Gasteiger partial charge is 0.354 e. The molecule has 1 aliphatic heterocycles. The predicted molar refractivity (Wildman–Crippen MR) is 155 cm³/mol. The van der Waals surface area contributed by atoms with Crippen LogP contribution in [-0.2, 0) is 33.0 Å². The van der Waals surface area contributed by atoms with E-state index in [0.717, 1.165) is 76.0 Å². The lowest BCUT2D eigenvalue weighted by atomic mass is 9.85. The molecule has 0 saturated heterocycles. The van der Waals surface area contributed by atoms with Crippen molar-refractivity contribution in [3.05, 3.63) is 56.9 Å². The first-order chi connectivity index (χ1) is 19.3. The number of fused-ring (bicyclic) bond motifs is 2. The Morgan fingerprint density at radius 3 is 2.73 bits per heavy atom. The molecule has 0 spiro atoms. The number of likely N-dealkylation sites (N-methyl/N-ethyl adjacent to an activating group) is 1. The summed E-state index contributed by atoms with van der Waals surface area (Å²) in [7, 11) is 3.82. The number of hydrogen-bond acceptors (Lipinski definition) is 6. The van der Waals surface area contributed by atoms with Crippen molar-refractivity contribution in [2.45, 2.75) is 89.8 Å². The second kappa shape index (κ2) is 11.2. The van der Waals surface area contributed by atoms with Crippen LogP contribution in [0.4, 0.5) is 11.5 Å². The van der Waals surface area contributed by atoms with Gasteiger partial charge >= 0.3 is 0 Å². The van der Waals surface area contributed by atoms with E-state index in [4.69, 9.17) is 0 Å². The number of carbonyl (C=O) groups is 1. The van der Waals surface area contributed by atoms with E-state index in [9.17, 15) is 9.59 Å². The van der Waals surface area contributed by atoms with Gasteiger partial charge in [-0.25, -0.2) is 4.68 Å². The minimum absolute atomic E-state index is 0.0222. The number of rotatable bonds is 6. The summed E-state index contributed by atoms with van der Waals surface area (Å²) in [4.78, 5) is 31.6. The van der Waals surface area contributed by atoms with Gasteiger partial charge in [-0.3, -0.25) is 19.2 Å². The highest BCUT2D eigenvalue weighted by Crippen LogP contribution is 2.35. The van der Waals surface area contributed by atoms with Gasteiger partial charge in [0, 0.05) is 43.9 Å². The lowest BCUT2D eigenvalue weighted by Gasteiger charge is -2.23. The smallest absolute Gasteiger partial charge is 0.290 e. The number of anilines is 2. The van der Waals surface area contributed by atoms with Crippen molar-refractivity contribution in [1.29, 1.82) is 0 Å². The molecule has 4 heterocycles. The Balaban J connectivity index is 1.10. The van der Waals surface area contributed by atoms with Crippen LogP contribution in [0.3, 0.4) is 0 Å². The Labute approximate surface area is 235 Å². The summed E-state index contributed by atoms with van der Waals surface area (Å²) in [6.45, 7) is 4.88. The van der Waals surface area contributed by atoms with Crippen LogP contribution in [0.25, 0.3) is 0 Å². The second-order valence-electron chi connectivity index (χ2n) is 12.1. The van der Waals surface area contributed by atoms with Crippen LogP contribution >= 0.6 is 0 Å². The van der Waals surface area contributed by atoms with Crippen molar-refractivity contribution < 1.29 is 4.79 Å². The molecule has 6 rings (SSSR count). The fraction of sp³-hybridized carbons (Fsp3) is 0.600. The molecule has 3 N–H and O–H groups in total. The Hall–Kier alpha value is -3.40. The van der Waals surface area contributed by atoms with E-state index in [2.05, 4.69) is 50.8 Å². The third-order valence-electron chi connectivity index (χ3n) is 9.22. The maximum Gasteiger partial charge on any atom is 0.290 e. The van der Waals surface area contributed by atoms with Gasteiger partial charge in [-0.15, -0.1) is 0 Å². The van der Waals surface area contributed by atoms with Crippen LogP contribution < -0.4 is 16.2 Å². The fourth-order valence-corrected chi connectivity index (χ4v) is 6.75. The zero-order valence-electron chi connectivity index (χ0n) is 24.0. The molecule has 0 radical (unpaired) electrons. The number of amides is 1. The molecule has 3 unspecified atom stereocenters. The molecular weight excluding hydrogens is 504 g/mol. The van der Waals surface area contributed by atoms with Crippen molar-refractivity contribution in [3.63, 3.8) is 0 Å². The van der Waals surface area contributed by atoms with Crippen molar-refractivity contribution in [3.8, 4) is 0 Å². The molecule has 3 aromatic heterocycles. The van der Waals surface area contributed by atoms with Crippen LogP contribution in [0, 0.1) is 5.92 Å². The van der Waals surface area contributed by atoms with Crippen molar-refractivity contribution in [2.75, 3.05) is 18.9 Å². The monoisotopic (exact) mass is 546 g/mol. The highest BCUT2D eigenvalue weighted by atomic mass is 16.2. The second-order valence-corrected chi connectivity index (χ2v) is 12.1. The molecule has 1 amide bonds. The van der Waals surface area contributed by atoms with Crippen LogP contribution in [0.2, 0.25) is 0 Å². The lowest BCUT2D eigenvalue weighted by molar-refractivity contribution is 0.0928. The van der Waals surface area contributed by atoms with Crippen LogP contribution in [0.5, 0.6) is 0 Å². The topological polar surface area (TPSA) is 113 Å². The van der Waals surface area contributed by atoms with Gasteiger partial charge in [0.25, 0.3) is 11.5 Å². The van der Waals surface area contributed by atoms with E-state index in [-0.39, 0.29) is 23.4 Å². The molecule has 10 heteroatoms. The first kappa shape index (κ1) is 26.8. The normalized spacial score (nSPS) is 22.2. The van der Waals surface area contributed by atoms with E-state index < -0.39 is 0 Å². The fourth-order valence-electron chi connectivity index (χ4n) is 6.75. The number of nitrogens with zero attached hydrogens (tertiary/aromatic N) is 5. The van der Waals surface area contributed by atoms with E-state index in [1.165, 1.54) is 28.8 Å². The Morgan fingerprint density at radius 1 is 1.02 bits per heavy atom. The summed E-state index contributed by atoms with van der Waals surface area (Å²) < 4.78 is 3.45. The van der Waals surface area contributed by atoms with Crippen molar-refractivity contribution in [2.24, 2.45) is 13.0 Å². The van der Waals surface area contributed by atoms with Crippen LogP contribution in [-0.4, -0.2) is 55.0 Å². The van der Waals surface area contributed by atoms with E-state index in [0.29, 0.717) is 23.1 Å². The Bertz CT molecular complexity index is 1410. The molecule has 214 valence electrons. The van der Waals surface area contributed by atoms with Gasteiger partial charge < -0.3 is 15.6 Å². The summed E-state index contributed by atoms with van der Waals surface area (Å²) in [6, 6.07) is 6.18.